The molecule has 114 valence electrons. The lowest BCUT2D eigenvalue weighted by molar-refractivity contribution is -0.111. The number of carbonyl (C=O) groups excluding carboxylic acids is 1. The number of anilines is 2. The summed E-state index contributed by atoms with van der Waals surface area (Å²) in [6, 6.07) is 3.56. The number of rotatable bonds is 4. The van der Waals surface area contributed by atoms with Gasteiger partial charge in [0.05, 0.1) is 18.1 Å². The van der Waals surface area contributed by atoms with Crippen LogP contribution in [0.2, 0.25) is 0 Å². The van der Waals surface area contributed by atoms with Crippen LogP contribution in [0.5, 0.6) is 0 Å². The van der Waals surface area contributed by atoms with Crippen LogP contribution in [0.1, 0.15) is 0 Å². The summed E-state index contributed by atoms with van der Waals surface area (Å²) in [5.41, 5.74) is 0.596. The Hall–Kier alpha value is -1.93. The van der Waals surface area contributed by atoms with Gasteiger partial charge in [-0.2, -0.15) is 4.31 Å². The second-order valence-corrected chi connectivity index (χ2v) is 6.73. The third kappa shape index (κ3) is 4.02. The van der Waals surface area contributed by atoms with E-state index in [2.05, 4.69) is 16.9 Å². The van der Waals surface area contributed by atoms with Crippen molar-refractivity contribution >= 4 is 27.4 Å². The van der Waals surface area contributed by atoms with E-state index in [0.717, 1.165) is 5.82 Å². The normalized spacial score (nSPS) is 16.5. The molecular weight excluding hydrogens is 292 g/mol. The monoisotopic (exact) mass is 310 g/mol. The SMILES string of the molecule is C=CC(=O)Nc1ccc(N2CCN(S(C)(=O)=O)CC2)nc1. The summed E-state index contributed by atoms with van der Waals surface area (Å²) in [5, 5.41) is 2.62. The molecule has 2 rings (SSSR count). The number of pyridine rings is 1. The molecule has 1 N–H and O–H groups in total. The van der Waals surface area contributed by atoms with E-state index in [-0.39, 0.29) is 5.91 Å². The number of nitrogens with zero attached hydrogens (tertiary/aromatic N) is 3. The average Bonchev–Trinajstić information content (AvgIpc) is 2.47. The Morgan fingerprint density at radius 3 is 2.48 bits per heavy atom. The third-order valence-corrected chi connectivity index (χ3v) is 4.54. The van der Waals surface area contributed by atoms with Crippen molar-refractivity contribution in [1.82, 2.24) is 9.29 Å². The van der Waals surface area contributed by atoms with Gasteiger partial charge in [0.25, 0.3) is 0 Å². The molecule has 1 saturated heterocycles. The molecule has 1 aliphatic heterocycles. The molecule has 8 heteroatoms. The smallest absolute Gasteiger partial charge is 0.247 e. The Morgan fingerprint density at radius 1 is 1.33 bits per heavy atom. The Morgan fingerprint density at radius 2 is 2.00 bits per heavy atom. The van der Waals surface area contributed by atoms with Crippen LogP contribution in [0.25, 0.3) is 0 Å². The molecule has 1 aromatic rings. The van der Waals surface area contributed by atoms with Crippen molar-refractivity contribution < 1.29 is 13.2 Å². The number of sulfonamides is 1. The minimum atomic E-state index is -3.13. The first-order chi connectivity index (χ1) is 9.90. The van der Waals surface area contributed by atoms with E-state index in [1.807, 2.05) is 4.90 Å². The molecule has 0 radical (unpaired) electrons. The molecule has 0 aliphatic carbocycles. The van der Waals surface area contributed by atoms with Gasteiger partial charge in [0, 0.05) is 26.2 Å². The number of nitrogens with one attached hydrogen (secondary N) is 1. The van der Waals surface area contributed by atoms with Crippen LogP contribution in [0.4, 0.5) is 11.5 Å². The maximum Gasteiger partial charge on any atom is 0.247 e. The summed E-state index contributed by atoms with van der Waals surface area (Å²) in [5.74, 6) is 0.478. The molecule has 1 fully saturated rings. The average molecular weight is 310 g/mol. The zero-order chi connectivity index (χ0) is 15.5. The standard InChI is InChI=1S/C13H18N4O3S/c1-3-13(18)15-11-4-5-12(14-10-11)16-6-8-17(9-7-16)21(2,19)20/h3-5,10H,1,6-9H2,2H3,(H,15,18). The number of hydrogen-bond acceptors (Lipinski definition) is 5. The second-order valence-electron chi connectivity index (χ2n) is 4.75. The van der Waals surface area contributed by atoms with Gasteiger partial charge in [-0.1, -0.05) is 6.58 Å². The van der Waals surface area contributed by atoms with Gasteiger partial charge in [0.1, 0.15) is 5.82 Å². The first-order valence-electron chi connectivity index (χ1n) is 6.49. The number of piperazine rings is 1. The Kier molecular flexibility index (Phi) is 4.59. The maximum absolute atomic E-state index is 11.4. The van der Waals surface area contributed by atoms with Gasteiger partial charge in [-0.25, -0.2) is 13.4 Å². The molecule has 0 aromatic carbocycles. The molecule has 1 amide bonds. The minimum absolute atomic E-state index is 0.286. The maximum atomic E-state index is 11.4. The molecule has 0 spiro atoms. The van der Waals surface area contributed by atoms with Crippen LogP contribution in [0.3, 0.4) is 0 Å². The predicted octanol–water partition coefficient (Wildman–Crippen LogP) is 0.288. The van der Waals surface area contributed by atoms with Gasteiger partial charge >= 0.3 is 0 Å². The molecular formula is C13H18N4O3S. The van der Waals surface area contributed by atoms with E-state index < -0.39 is 10.0 Å². The van der Waals surface area contributed by atoms with Gasteiger partial charge in [0.15, 0.2) is 0 Å². The predicted molar refractivity (Wildman–Crippen MR) is 81.7 cm³/mol. The largest absolute Gasteiger partial charge is 0.354 e. The molecule has 0 atom stereocenters. The van der Waals surface area contributed by atoms with Crippen molar-refractivity contribution in [3.8, 4) is 0 Å². The van der Waals surface area contributed by atoms with Gasteiger partial charge in [-0.3, -0.25) is 4.79 Å². The van der Waals surface area contributed by atoms with Crippen molar-refractivity contribution in [2.45, 2.75) is 0 Å². The Balaban J connectivity index is 1.98. The molecule has 2 heterocycles. The summed E-state index contributed by atoms with van der Waals surface area (Å²) in [7, 11) is -3.13. The molecule has 7 nitrogen and oxygen atoms in total. The van der Waals surface area contributed by atoms with Gasteiger partial charge < -0.3 is 10.2 Å². The molecule has 0 unspecified atom stereocenters. The zero-order valence-electron chi connectivity index (χ0n) is 11.8. The van der Waals surface area contributed by atoms with Crippen LogP contribution in [-0.4, -0.2) is 56.0 Å². The fraction of sp³-hybridized carbons (Fsp3) is 0.385. The highest BCUT2D eigenvalue weighted by Gasteiger charge is 2.23. The zero-order valence-corrected chi connectivity index (χ0v) is 12.6. The summed E-state index contributed by atoms with van der Waals surface area (Å²) in [6.45, 7) is 5.48. The van der Waals surface area contributed by atoms with E-state index in [1.165, 1.54) is 16.6 Å². The van der Waals surface area contributed by atoms with E-state index in [4.69, 9.17) is 0 Å². The molecule has 0 saturated carbocycles. The van der Waals surface area contributed by atoms with Gasteiger partial charge in [0.2, 0.25) is 15.9 Å². The Bertz CT molecular complexity index is 619. The fourth-order valence-corrected chi connectivity index (χ4v) is 2.92. The summed E-state index contributed by atoms with van der Waals surface area (Å²) in [6.07, 6.45) is 3.98. The van der Waals surface area contributed by atoms with Crippen LogP contribution in [0.15, 0.2) is 31.0 Å². The lowest BCUT2D eigenvalue weighted by Gasteiger charge is -2.33. The second kappa shape index (κ2) is 6.23. The molecule has 0 bridgehead atoms. The lowest BCUT2D eigenvalue weighted by atomic mass is 10.3. The highest BCUT2D eigenvalue weighted by Crippen LogP contribution is 2.17. The first-order valence-corrected chi connectivity index (χ1v) is 8.34. The highest BCUT2D eigenvalue weighted by atomic mass is 32.2. The number of aromatic nitrogens is 1. The van der Waals surface area contributed by atoms with Crippen LogP contribution < -0.4 is 10.2 Å². The van der Waals surface area contributed by atoms with E-state index in [1.54, 1.807) is 18.3 Å². The summed E-state index contributed by atoms with van der Waals surface area (Å²) < 4.78 is 24.4. The van der Waals surface area contributed by atoms with Crippen molar-refractivity contribution in [3.05, 3.63) is 31.0 Å². The first kappa shape index (κ1) is 15.5. The van der Waals surface area contributed by atoms with Crippen molar-refractivity contribution in [2.75, 3.05) is 42.7 Å². The van der Waals surface area contributed by atoms with E-state index >= 15 is 0 Å². The van der Waals surface area contributed by atoms with Gasteiger partial charge in [-0.15, -0.1) is 0 Å². The fourth-order valence-electron chi connectivity index (χ4n) is 2.09. The molecule has 1 aromatic heterocycles. The van der Waals surface area contributed by atoms with Crippen LogP contribution in [-0.2, 0) is 14.8 Å². The Labute approximate surface area is 124 Å². The van der Waals surface area contributed by atoms with Crippen LogP contribution in [0, 0.1) is 0 Å². The van der Waals surface area contributed by atoms with E-state index in [9.17, 15) is 13.2 Å². The molecule has 21 heavy (non-hydrogen) atoms. The van der Waals surface area contributed by atoms with Crippen LogP contribution >= 0.6 is 0 Å². The molecule has 1 aliphatic rings. The highest BCUT2D eigenvalue weighted by molar-refractivity contribution is 7.88. The number of carbonyl (C=O) groups is 1. The topological polar surface area (TPSA) is 82.6 Å². The quantitative estimate of drug-likeness (QED) is 0.808. The van der Waals surface area contributed by atoms with Crippen molar-refractivity contribution in [2.24, 2.45) is 0 Å². The third-order valence-electron chi connectivity index (χ3n) is 3.23. The summed E-state index contributed by atoms with van der Waals surface area (Å²) in [4.78, 5) is 17.5. The number of amides is 1. The summed E-state index contributed by atoms with van der Waals surface area (Å²) >= 11 is 0. The number of hydrogen-bond donors (Lipinski definition) is 1. The van der Waals surface area contributed by atoms with Gasteiger partial charge in [-0.05, 0) is 18.2 Å². The van der Waals surface area contributed by atoms with E-state index in [0.29, 0.717) is 31.9 Å². The van der Waals surface area contributed by atoms with Crippen molar-refractivity contribution in [1.29, 1.82) is 0 Å². The van der Waals surface area contributed by atoms with Crippen molar-refractivity contribution in [3.63, 3.8) is 0 Å². The minimum Gasteiger partial charge on any atom is -0.354 e. The lowest BCUT2D eigenvalue weighted by Crippen LogP contribution is -2.48.